The van der Waals surface area contributed by atoms with Gasteiger partial charge in [-0.25, -0.2) is 0 Å². The van der Waals surface area contributed by atoms with Gasteiger partial charge in [-0.1, -0.05) is 27.2 Å². The summed E-state index contributed by atoms with van der Waals surface area (Å²) in [4.78, 5) is 11.0. The second-order valence-electron chi connectivity index (χ2n) is 3.94. The van der Waals surface area contributed by atoms with E-state index in [4.69, 9.17) is 10.5 Å². The van der Waals surface area contributed by atoms with Crippen molar-refractivity contribution in [1.29, 1.82) is 0 Å². The van der Waals surface area contributed by atoms with Crippen LogP contribution in [0.1, 0.15) is 33.6 Å². The van der Waals surface area contributed by atoms with Gasteiger partial charge in [-0.15, -0.1) is 0 Å². The van der Waals surface area contributed by atoms with Crippen LogP contribution >= 0.6 is 0 Å². The minimum atomic E-state index is -0.358. The Balaban J connectivity index is 3.65. The highest BCUT2D eigenvalue weighted by atomic mass is 16.5. The normalized spacial score (nSPS) is 14.9. The monoisotopic (exact) mass is 216 g/mol. The standard InChI is InChI=1S/C11H24N2O2/c1-4-6-9(3)7-15-8-10(11(12)14)13-5-2/h9-10,13H,4-8H2,1-3H3,(H2,12,14). The smallest absolute Gasteiger partial charge is 0.236 e. The molecule has 0 rings (SSSR count). The van der Waals surface area contributed by atoms with Crippen LogP contribution in [0.3, 0.4) is 0 Å². The average Bonchev–Trinajstić information content (AvgIpc) is 2.16. The van der Waals surface area contributed by atoms with Crippen LogP contribution < -0.4 is 11.1 Å². The van der Waals surface area contributed by atoms with Gasteiger partial charge >= 0.3 is 0 Å². The highest BCUT2D eigenvalue weighted by Crippen LogP contribution is 2.05. The van der Waals surface area contributed by atoms with E-state index in [1.807, 2.05) is 6.92 Å². The zero-order valence-corrected chi connectivity index (χ0v) is 10.1. The van der Waals surface area contributed by atoms with E-state index < -0.39 is 0 Å². The predicted molar refractivity (Wildman–Crippen MR) is 61.6 cm³/mol. The molecule has 0 aliphatic heterocycles. The Morgan fingerprint density at radius 2 is 2.07 bits per heavy atom. The molecule has 4 heteroatoms. The van der Waals surface area contributed by atoms with E-state index >= 15 is 0 Å². The number of hydrogen-bond acceptors (Lipinski definition) is 3. The van der Waals surface area contributed by atoms with Gasteiger partial charge in [0.2, 0.25) is 5.91 Å². The van der Waals surface area contributed by atoms with Gasteiger partial charge in [0.25, 0.3) is 0 Å². The van der Waals surface area contributed by atoms with E-state index in [9.17, 15) is 4.79 Å². The first-order chi connectivity index (χ1) is 7.11. The lowest BCUT2D eigenvalue weighted by Gasteiger charge is -2.16. The molecule has 4 nitrogen and oxygen atoms in total. The Morgan fingerprint density at radius 1 is 1.40 bits per heavy atom. The highest BCUT2D eigenvalue weighted by molar-refractivity contribution is 5.79. The number of carbonyl (C=O) groups is 1. The highest BCUT2D eigenvalue weighted by Gasteiger charge is 2.13. The van der Waals surface area contributed by atoms with Crippen LogP contribution in [0.15, 0.2) is 0 Å². The predicted octanol–water partition coefficient (Wildman–Crippen LogP) is 0.903. The van der Waals surface area contributed by atoms with Crippen molar-refractivity contribution < 1.29 is 9.53 Å². The Hall–Kier alpha value is -0.610. The summed E-state index contributed by atoms with van der Waals surface area (Å²) >= 11 is 0. The van der Waals surface area contributed by atoms with Crippen LogP contribution in [0, 0.1) is 5.92 Å². The van der Waals surface area contributed by atoms with Gasteiger partial charge in [-0.05, 0) is 18.9 Å². The van der Waals surface area contributed by atoms with Crippen molar-refractivity contribution in [1.82, 2.24) is 5.32 Å². The van der Waals surface area contributed by atoms with E-state index in [0.717, 1.165) is 19.4 Å². The van der Waals surface area contributed by atoms with Gasteiger partial charge in [-0.2, -0.15) is 0 Å². The Morgan fingerprint density at radius 3 is 2.53 bits per heavy atom. The molecule has 15 heavy (non-hydrogen) atoms. The molecule has 0 saturated heterocycles. The number of ether oxygens (including phenoxy) is 1. The summed E-state index contributed by atoms with van der Waals surface area (Å²) in [6, 6.07) is -0.358. The Bertz CT molecular complexity index is 174. The van der Waals surface area contributed by atoms with Gasteiger partial charge < -0.3 is 15.8 Å². The summed E-state index contributed by atoms with van der Waals surface area (Å²) in [7, 11) is 0. The molecule has 0 aromatic carbocycles. The average molecular weight is 216 g/mol. The summed E-state index contributed by atoms with van der Waals surface area (Å²) < 4.78 is 5.46. The molecule has 0 aliphatic carbocycles. The van der Waals surface area contributed by atoms with Crippen molar-refractivity contribution in [2.45, 2.75) is 39.7 Å². The molecular weight excluding hydrogens is 192 g/mol. The van der Waals surface area contributed by atoms with E-state index in [1.54, 1.807) is 0 Å². The maximum atomic E-state index is 11.0. The fraction of sp³-hybridized carbons (Fsp3) is 0.909. The molecular formula is C11H24N2O2. The lowest BCUT2D eigenvalue weighted by Crippen LogP contribution is -2.44. The summed E-state index contributed by atoms with van der Waals surface area (Å²) in [6.45, 7) is 8.04. The molecule has 0 heterocycles. The molecule has 1 amide bonds. The number of nitrogens with one attached hydrogen (secondary N) is 1. The van der Waals surface area contributed by atoms with Crippen molar-refractivity contribution in [2.24, 2.45) is 11.7 Å². The largest absolute Gasteiger partial charge is 0.379 e. The Kier molecular flexibility index (Phi) is 8.33. The maximum absolute atomic E-state index is 11.0. The molecule has 0 radical (unpaired) electrons. The second kappa shape index (κ2) is 8.68. The van der Waals surface area contributed by atoms with Gasteiger partial charge in [-0.3, -0.25) is 4.79 Å². The fourth-order valence-electron chi connectivity index (χ4n) is 1.45. The van der Waals surface area contributed by atoms with E-state index in [0.29, 0.717) is 19.1 Å². The van der Waals surface area contributed by atoms with Gasteiger partial charge in [0.15, 0.2) is 0 Å². The first kappa shape index (κ1) is 14.4. The number of carbonyl (C=O) groups excluding carboxylic acids is 1. The quantitative estimate of drug-likeness (QED) is 0.602. The molecule has 0 saturated carbocycles. The topological polar surface area (TPSA) is 64.3 Å². The first-order valence-electron chi connectivity index (χ1n) is 5.72. The summed E-state index contributed by atoms with van der Waals surface area (Å²) in [5, 5.41) is 2.99. The number of rotatable bonds is 9. The third-order valence-electron chi connectivity index (χ3n) is 2.26. The third kappa shape index (κ3) is 7.33. The molecule has 0 aromatic rings. The summed E-state index contributed by atoms with van der Waals surface area (Å²) in [6.07, 6.45) is 2.32. The van der Waals surface area contributed by atoms with Crippen molar-refractivity contribution in [3.05, 3.63) is 0 Å². The van der Waals surface area contributed by atoms with Crippen LogP contribution in [0.2, 0.25) is 0 Å². The van der Waals surface area contributed by atoms with Crippen LogP contribution in [0.5, 0.6) is 0 Å². The van der Waals surface area contributed by atoms with Crippen molar-refractivity contribution in [3.8, 4) is 0 Å². The second-order valence-corrected chi connectivity index (χ2v) is 3.94. The zero-order chi connectivity index (χ0) is 11.7. The van der Waals surface area contributed by atoms with E-state index in [1.165, 1.54) is 0 Å². The first-order valence-corrected chi connectivity index (χ1v) is 5.72. The summed E-state index contributed by atoms with van der Waals surface area (Å²) in [5.41, 5.74) is 5.22. The lowest BCUT2D eigenvalue weighted by atomic mass is 10.1. The SMILES string of the molecule is CCCC(C)COCC(NCC)C(N)=O. The minimum absolute atomic E-state index is 0.347. The number of amides is 1. The van der Waals surface area contributed by atoms with Crippen molar-refractivity contribution in [2.75, 3.05) is 19.8 Å². The molecule has 90 valence electrons. The number of likely N-dealkylation sites (N-methyl/N-ethyl adjacent to an activating group) is 1. The number of primary amides is 1. The number of hydrogen-bond donors (Lipinski definition) is 2. The van der Waals surface area contributed by atoms with Crippen molar-refractivity contribution in [3.63, 3.8) is 0 Å². The van der Waals surface area contributed by atoms with Crippen LogP contribution in [-0.2, 0) is 9.53 Å². The maximum Gasteiger partial charge on any atom is 0.236 e. The molecule has 0 fully saturated rings. The lowest BCUT2D eigenvalue weighted by molar-refractivity contribution is -0.121. The number of nitrogens with two attached hydrogens (primary N) is 1. The van der Waals surface area contributed by atoms with Crippen molar-refractivity contribution >= 4 is 5.91 Å². The van der Waals surface area contributed by atoms with Crippen LogP contribution in [-0.4, -0.2) is 31.7 Å². The van der Waals surface area contributed by atoms with E-state index in [2.05, 4.69) is 19.2 Å². The summed E-state index contributed by atoms with van der Waals surface area (Å²) in [5.74, 6) is 0.199. The molecule has 0 aliphatic rings. The molecule has 0 aromatic heterocycles. The zero-order valence-electron chi connectivity index (χ0n) is 10.1. The molecule has 2 unspecified atom stereocenters. The fourth-order valence-corrected chi connectivity index (χ4v) is 1.45. The van der Waals surface area contributed by atoms with Crippen LogP contribution in [0.4, 0.5) is 0 Å². The minimum Gasteiger partial charge on any atom is -0.379 e. The van der Waals surface area contributed by atoms with Gasteiger partial charge in [0.05, 0.1) is 6.61 Å². The van der Waals surface area contributed by atoms with Crippen LogP contribution in [0.25, 0.3) is 0 Å². The molecule has 3 N–H and O–H groups in total. The molecule has 0 spiro atoms. The van der Waals surface area contributed by atoms with E-state index in [-0.39, 0.29) is 11.9 Å². The third-order valence-corrected chi connectivity index (χ3v) is 2.26. The molecule has 2 atom stereocenters. The van der Waals surface area contributed by atoms with Gasteiger partial charge in [0.1, 0.15) is 6.04 Å². The molecule has 0 bridgehead atoms. The van der Waals surface area contributed by atoms with Gasteiger partial charge in [0, 0.05) is 6.61 Å². The Labute approximate surface area is 92.6 Å².